The van der Waals surface area contributed by atoms with Gasteiger partial charge in [-0.3, -0.25) is 0 Å². The molecule has 0 atom stereocenters. The van der Waals surface area contributed by atoms with Crippen molar-refractivity contribution in [3.05, 3.63) is 0 Å². The molecule has 0 aliphatic heterocycles. The molecule has 0 rings (SSSR count). The Balaban J connectivity index is 3.16. The van der Waals surface area contributed by atoms with Gasteiger partial charge in [-0.1, -0.05) is 13.3 Å². The van der Waals surface area contributed by atoms with Gasteiger partial charge in [0.2, 0.25) is 0 Å². The van der Waals surface area contributed by atoms with Crippen LogP contribution in [0, 0.1) is 0 Å². The normalized spacial score (nSPS) is 7.12. The standard InChI is InChI=1S/C6H9NS/c1-2-3-4-7-5-6-8/h2-4H2,1H3. The van der Waals surface area contributed by atoms with Gasteiger partial charge in [0.15, 0.2) is 0 Å². The second kappa shape index (κ2) is 6.58. The zero-order chi connectivity index (χ0) is 6.24. The molecule has 2 heteroatoms. The van der Waals surface area contributed by atoms with Crippen LogP contribution in [0.25, 0.3) is 0 Å². The zero-order valence-corrected chi connectivity index (χ0v) is 5.79. The van der Waals surface area contributed by atoms with Gasteiger partial charge >= 0.3 is 0 Å². The summed E-state index contributed by atoms with van der Waals surface area (Å²) in [7, 11) is 0. The van der Waals surface area contributed by atoms with Gasteiger partial charge < -0.3 is 0 Å². The minimum atomic E-state index is 0.833. The summed E-state index contributed by atoms with van der Waals surface area (Å²) in [6.07, 6.45) is 2.28. The average Bonchev–Trinajstić information content (AvgIpc) is 1.81. The fraction of sp³-hybridized carbons (Fsp3) is 0.667. The van der Waals surface area contributed by atoms with Gasteiger partial charge in [-0.25, -0.2) is 4.99 Å². The van der Waals surface area contributed by atoms with Crippen molar-refractivity contribution in [1.82, 2.24) is 0 Å². The van der Waals surface area contributed by atoms with Crippen LogP contribution in [-0.4, -0.2) is 17.4 Å². The van der Waals surface area contributed by atoms with Gasteiger partial charge in [0.1, 0.15) is 0 Å². The predicted molar refractivity (Wildman–Crippen MR) is 39.8 cm³/mol. The van der Waals surface area contributed by atoms with E-state index < -0.39 is 0 Å². The highest BCUT2D eigenvalue weighted by Crippen LogP contribution is 1.83. The summed E-state index contributed by atoms with van der Waals surface area (Å²) in [4.78, 5) is 3.81. The molecule has 0 heterocycles. The van der Waals surface area contributed by atoms with Crippen molar-refractivity contribution in [3.8, 4) is 0 Å². The van der Waals surface area contributed by atoms with E-state index in [-0.39, 0.29) is 0 Å². The van der Waals surface area contributed by atoms with Crippen LogP contribution in [0.3, 0.4) is 0 Å². The maximum Gasteiger partial charge on any atom is 0.0491 e. The van der Waals surface area contributed by atoms with Gasteiger partial charge in [0.05, 0.1) is 0 Å². The molecule has 8 heavy (non-hydrogen) atoms. The summed E-state index contributed by atoms with van der Waals surface area (Å²) in [5, 5.41) is 2.29. The Kier molecular flexibility index (Phi) is 6.23. The third-order valence-corrected chi connectivity index (χ3v) is 0.839. The molecule has 0 radical (unpaired) electrons. The van der Waals surface area contributed by atoms with Crippen LogP contribution in [0.5, 0.6) is 0 Å². The van der Waals surface area contributed by atoms with Crippen LogP contribution >= 0.6 is 12.2 Å². The monoisotopic (exact) mass is 127 g/mol. The third-order valence-electron chi connectivity index (χ3n) is 0.748. The van der Waals surface area contributed by atoms with Crippen LogP contribution in [0.4, 0.5) is 0 Å². The average molecular weight is 127 g/mol. The molecule has 0 aromatic carbocycles. The highest BCUT2D eigenvalue weighted by atomic mass is 32.1. The highest BCUT2D eigenvalue weighted by molar-refractivity contribution is 7.78. The van der Waals surface area contributed by atoms with Crippen LogP contribution in [0.1, 0.15) is 19.8 Å². The highest BCUT2D eigenvalue weighted by Gasteiger charge is 1.73. The second-order valence-corrected chi connectivity index (χ2v) is 1.65. The summed E-state index contributed by atoms with van der Waals surface area (Å²) in [5.41, 5.74) is 0. The summed E-state index contributed by atoms with van der Waals surface area (Å²) in [6, 6.07) is 0. The number of hydrogen-bond acceptors (Lipinski definition) is 2. The molecule has 0 fully saturated rings. The Hall–Kier alpha value is -0.420. The van der Waals surface area contributed by atoms with Gasteiger partial charge in [0, 0.05) is 17.4 Å². The molecule has 0 N–H and O–H groups in total. The molecule has 0 saturated heterocycles. The quantitative estimate of drug-likeness (QED) is 0.319. The van der Waals surface area contributed by atoms with Crippen molar-refractivity contribution < 1.29 is 0 Å². The fourth-order valence-corrected chi connectivity index (χ4v) is 0.390. The van der Waals surface area contributed by atoms with E-state index in [4.69, 9.17) is 0 Å². The molecule has 44 valence electrons. The molecule has 0 saturated carbocycles. The topological polar surface area (TPSA) is 12.4 Å². The largest absolute Gasteiger partial charge is 0.235 e. The zero-order valence-electron chi connectivity index (χ0n) is 4.98. The lowest BCUT2D eigenvalue weighted by Gasteiger charge is -1.81. The van der Waals surface area contributed by atoms with Crippen molar-refractivity contribution in [2.45, 2.75) is 19.8 Å². The predicted octanol–water partition coefficient (Wildman–Crippen LogP) is 1.61. The molecule has 0 amide bonds. The number of unbranched alkanes of at least 4 members (excludes halogenated alkanes) is 1. The lowest BCUT2D eigenvalue weighted by molar-refractivity contribution is 0.811. The molecule has 0 aromatic rings. The van der Waals surface area contributed by atoms with Gasteiger partial charge in [-0.15, -0.1) is 0 Å². The Morgan fingerprint density at radius 2 is 2.38 bits per heavy atom. The summed E-state index contributed by atoms with van der Waals surface area (Å²) in [6.45, 7) is 2.96. The van der Waals surface area contributed by atoms with Gasteiger partial charge in [-0.05, 0) is 18.6 Å². The lowest BCUT2D eigenvalue weighted by Crippen LogP contribution is -1.75. The third kappa shape index (κ3) is 5.58. The number of thiocarbonyl (C=S) groups is 1. The van der Waals surface area contributed by atoms with E-state index in [1.54, 1.807) is 0 Å². The summed E-state index contributed by atoms with van der Waals surface area (Å²) in [5.74, 6) is 2.47. The molecule has 1 nitrogen and oxygen atoms in total. The van der Waals surface area contributed by atoms with Gasteiger partial charge in [0.25, 0.3) is 0 Å². The second-order valence-electron chi connectivity index (χ2n) is 1.45. The minimum absolute atomic E-state index is 0.833. The molecule has 0 unspecified atom stereocenters. The van der Waals surface area contributed by atoms with Crippen LogP contribution in [-0.2, 0) is 0 Å². The Morgan fingerprint density at radius 1 is 1.62 bits per heavy atom. The lowest BCUT2D eigenvalue weighted by atomic mass is 10.3. The maximum absolute atomic E-state index is 4.35. The van der Waals surface area contributed by atoms with Crippen molar-refractivity contribution in [2.75, 3.05) is 6.54 Å². The number of nitrogens with zero attached hydrogens (tertiary/aromatic N) is 1. The minimum Gasteiger partial charge on any atom is -0.235 e. The molecule has 0 spiro atoms. The van der Waals surface area contributed by atoms with Crippen molar-refractivity contribution in [1.29, 1.82) is 0 Å². The summed E-state index contributed by atoms with van der Waals surface area (Å²) < 4.78 is 0. The Bertz CT molecular complexity index is 118. The number of rotatable bonds is 3. The first-order chi connectivity index (χ1) is 3.91. The van der Waals surface area contributed by atoms with Gasteiger partial charge in [-0.2, -0.15) is 0 Å². The van der Waals surface area contributed by atoms with Crippen LogP contribution < -0.4 is 0 Å². The Labute approximate surface area is 55.1 Å². The molecule has 0 aromatic heterocycles. The number of hydrogen-bond donors (Lipinski definition) is 0. The smallest absolute Gasteiger partial charge is 0.0491 e. The molecule has 0 bridgehead atoms. The van der Waals surface area contributed by atoms with Crippen molar-refractivity contribution in [3.63, 3.8) is 0 Å². The van der Waals surface area contributed by atoms with E-state index >= 15 is 0 Å². The van der Waals surface area contributed by atoms with E-state index in [1.165, 1.54) is 6.42 Å². The van der Waals surface area contributed by atoms with E-state index in [2.05, 4.69) is 35.0 Å². The first-order valence-corrected chi connectivity index (χ1v) is 3.11. The number of aliphatic imine (C=N–C) groups is 1. The SMILES string of the molecule is CCCCN=C=C=S. The van der Waals surface area contributed by atoms with Crippen molar-refractivity contribution >= 4 is 23.1 Å². The first-order valence-electron chi connectivity index (χ1n) is 2.70. The van der Waals surface area contributed by atoms with Crippen molar-refractivity contribution in [2.24, 2.45) is 4.99 Å². The Morgan fingerprint density at radius 3 is 2.88 bits per heavy atom. The first kappa shape index (κ1) is 7.58. The van der Waals surface area contributed by atoms with Crippen LogP contribution in [0.2, 0.25) is 0 Å². The van der Waals surface area contributed by atoms with Crippen LogP contribution in [0.15, 0.2) is 4.99 Å². The van der Waals surface area contributed by atoms with E-state index in [9.17, 15) is 0 Å². The molecular weight excluding hydrogens is 118 g/mol. The van der Waals surface area contributed by atoms with E-state index in [1.807, 2.05) is 0 Å². The summed E-state index contributed by atoms with van der Waals surface area (Å²) >= 11 is 4.35. The molecular formula is C6H9NS. The maximum atomic E-state index is 4.35. The van der Waals surface area contributed by atoms with E-state index in [0.717, 1.165) is 13.0 Å². The fourth-order valence-electron chi connectivity index (χ4n) is 0.325. The molecule has 0 aliphatic carbocycles. The van der Waals surface area contributed by atoms with E-state index in [0.29, 0.717) is 0 Å². The molecule has 0 aliphatic rings.